The zero-order chi connectivity index (χ0) is 16.0. The molecule has 0 spiro atoms. The highest BCUT2D eigenvalue weighted by Crippen LogP contribution is 2.25. The van der Waals surface area contributed by atoms with Crippen LogP contribution >= 0.6 is 0 Å². The first kappa shape index (κ1) is 17.0. The topological polar surface area (TPSA) is 102 Å². The van der Waals surface area contributed by atoms with Gasteiger partial charge in [0.1, 0.15) is 12.0 Å². The molecule has 0 saturated carbocycles. The van der Waals surface area contributed by atoms with Gasteiger partial charge in [0.25, 0.3) is 0 Å². The van der Waals surface area contributed by atoms with E-state index in [1.54, 1.807) is 0 Å². The predicted octanol–water partition coefficient (Wildman–Crippen LogP) is 1.56. The third kappa shape index (κ3) is 6.29. The van der Waals surface area contributed by atoms with Crippen molar-refractivity contribution in [2.75, 3.05) is 17.6 Å². The number of nitrogens with one attached hydrogen (secondary N) is 2. The molecule has 1 aromatic heterocycles. The fraction of sp³-hybridized carbons (Fsp3) is 0.643. The van der Waals surface area contributed by atoms with Crippen LogP contribution < -0.4 is 21.1 Å². The molecule has 0 saturated heterocycles. The van der Waals surface area contributed by atoms with Gasteiger partial charge in [-0.2, -0.15) is 4.98 Å². The van der Waals surface area contributed by atoms with E-state index in [0.29, 0.717) is 30.4 Å². The molecule has 7 nitrogen and oxygen atoms in total. The Bertz CT molecular complexity index is 483. The molecule has 0 bridgehead atoms. The molecular formula is C14H25N5O2. The summed E-state index contributed by atoms with van der Waals surface area (Å²) in [5.74, 6) is 0.798. The van der Waals surface area contributed by atoms with Crippen LogP contribution in [0.15, 0.2) is 6.33 Å². The number of nitrogens with zero attached hydrogens (tertiary/aromatic N) is 2. The third-order valence-corrected chi connectivity index (χ3v) is 2.35. The molecule has 1 aromatic rings. The molecule has 0 fully saturated rings. The maximum atomic E-state index is 11.7. The summed E-state index contributed by atoms with van der Waals surface area (Å²) in [6.45, 7) is 10.0. The monoisotopic (exact) mass is 295 g/mol. The van der Waals surface area contributed by atoms with Crippen molar-refractivity contribution in [3.8, 4) is 5.88 Å². The molecule has 0 radical (unpaired) electrons. The number of nitrogen functional groups attached to an aromatic ring is 1. The average molecular weight is 295 g/mol. The van der Waals surface area contributed by atoms with Crippen molar-refractivity contribution < 1.29 is 9.53 Å². The van der Waals surface area contributed by atoms with E-state index in [4.69, 9.17) is 10.5 Å². The molecule has 0 aliphatic carbocycles. The molecule has 7 heteroatoms. The van der Waals surface area contributed by atoms with E-state index >= 15 is 0 Å². The number of carbonyl (C=O) groups is 1. The fourth-order valence-electron chi connectivity index (χ4n) is 1.61. The van der Waals surface area contributed by atoms with E-state index in [0.717, 1.165) is 0 Å². The second kappa shape index (κ2) is 7.10. The Morgan fingerprint density at radius 3 is 2.62 bits per heavy atom. The Labute approximate surface area is 125 Å². The number of nitrogens with two attached hydrogens (primary N) is 1. The number of hydrogen-bond acceptors (Lipinski definition) is 6. The predicted molar refractivity (Wildman–Crippen MR) is 83.2 cm³/mol. The van der Waals surface area contributed by atoms with E-state index < -0.39 is 0 Å². The van der Waals surface area contributed by atoms with E-state index in [-0.39, 0.29) is 17.6 Å². The minimum absolute atomic E-state index is 0.0207. The van der Waals surface area contributed by atoms with Gasteiger partial charge in [-0.3, -0.25) is 4.79 Å². The summed E-state index contributed by atoms with van der Waals surface area (Å²) < 4.78 is 5.48. The van der Waals surface area contributed by atoms with Gasteiger partial charge < -0.3 is 21.1 Å². The van der Waals surface area contributed by atoms with Gasteiger partial charge in [-0.05, 0) is 34.6 Å². The smallest absolute Gasteiger partial charge is 0.242 e. The van der Waals surface area contributed by atoms with Crippen molar-refractivity contribution in [1.29, 1.82) is 0 Å². The van der Waals surface area contributed by atoms with Crippen molar-refractivity contribution in [2.45, 2.75) is 52.7 Å². The summed E-state index contributed by atoms with van der Waals surface area (Å²) >= 11 is 0. The Kier molecular flexibility index (Phi) is 5.75. The summed E-state index contributed by atoms with van der Waals surface area (Å²) in [6, 6.07) is 0. The lowest BCUT2D eigenvalue weighted by molar-refractivity contribution is -0.122. The van der Waals surface area contributed by atoms with Gasteiger partial charge in [0.2, 0.25) is 11.8 Å². The Morgan fingerprint density at radius 1 is 1.38 bits per heavy atom. The first-order chi connectivity index (χ1) is 9.69. The van der Waals surface area contributed by atoms with Crippen LogP contribution in [-0.2, 0) is 4.79 Å². The summed E-state index contributed by atoms with van der Waals surface area (Å²) in [7, 11) is 0. The molecule has 0 unspecified atom stereocenters. The molecule has 1 amide bonds. The molecule has 0 atom stereocenters. The van der Waals surface area contributed by atoms with Gasteiger partial charge in [-0.15, -0.1) is 0 Å². The number of anilines is 2. The molecule has 0 aromatic carbocycles. The van der Waals surface area contributed by atoms with Gasteiger partial charge in [-0.25, -0.2) is 4.98 Å². The normalized spacial score (nSPS) is 11.3. The summed E-state index contributed by atoms with van der Waals surface area (Å²) in [5, 5.41) is 5.92. The molecule has 21 heavy (non-hydrogen) atoms. The summed E-state index contributed by atoms with van der Waals surface area (Å²) in [5.41, 5.74) is 6.05. The van der Waals surface area contributed by atoms with Gasteiger partial charge in [0.15, 0.2) is 5.82 Å². The number of carbonyl (C=O) groups excluding carboxylic acids is 1. The molecular weight excluding hydrogens is 270 g/mol. The molecule has 4 N–H and O–H groups in total. The van der Waals surface area contributed by atoms with E-state index in [2.05, 4.69) is 20.6 Å². The Morgan fingerprint density at radius 2 is 2.05 bits per heavy atom. The van der Waals surface area contributed by atoms with Crippen molar-refractivity contribution in [3.63, 3.8) is 0 Å². The lowest BCUT2D eigenvalue weighted by atomic mass is 10.1. The van der Waals surface area contributed by atoms with Crippen molar-refractivity contribution in [2.24, 2.45) is 0 Å². The van der Waals surface area contributed by atoms with Crippen LogP contribution in [-0.4, -0.2) is 34.1 Å². The van der Waals surface area contributed by atoms with Crippen LogP contribution in [0, 0.1) is 0 Å². The fourth-order valence-corrected chi connectivity index (χ4v) is 1.61. The second-order valence-corrected chi connectivity index (χ2v) is 6.08. The van der Waals surface area contributed by atoms with Crippen LogP contribution in [0.1, 0.15) is 41.0 Å². The number of ether oxygens (including phenoxy) is 1. The Balaban J connectivity index is 2.54. The minimum atomic E-state index is -0.233. The van der Waals surface area contributed by atoms with Crippen LogP contribution in [0.4, 0.5) is 11.5 Å². The highest BCUT2D eigenvalue weighted by atomic mass is 16.5. The number of aromatic nitrogens is 2. The van der Waals surface area contributed by atoms with Crippen molar-refractivity contribution in [1.82, 2.24) is 15.3 Å². The highest BCUT2D eigenvalue weighted by molar-refractivity contribution is 5.77. The number of amides is 1. The quantitative estimate of drug-likeness (QED) is 0.736. The van der Waals surface area contributed by atoms with Gasteiger partial charge in [-0.1, -0.05) is 0 Å². The Hall–Kier alpha value is -2.05. The summed E-state index contributed by atoms with van der Waals surface area (Å²) in [6.07, 6.45) is 1.69. The van der Waals surface area contributed by atoms with E-state index in [1.807, 2.05) is 34.6 Å². The number of hydrogen-bond donors (Lipinski definition) is 3. The van der Waals surface area contributed by atoms with E-state index in [1.165, 1.54) is 6.33 Å². The first-order valence-corrected chi connectivity index (χ1v) is 7.01. The molecule has 1 heterocycles. The third-order valence-electron chi connectivity index (χ3n) is 2.35. The molecule has 118 valence electrons. The van der Waals surface area contributed by atoms with Gasteiger partial charge in [0, 0.05) is 18.5 Å². The second-order valence-electron chi connectivity index (χ2n) is 6.08. The maximum absolute atomic E-state index is 11.7. The zero-order valence-corrected chi connectivity index (χ0v) is 13.4. The zero-order valence-electron chi connectivity index (χ0n) is 13.4. The highest BCUT2D eigenvalue weighted by Gasteiger charge is 2.14. The standard InChI is InChI=1S/C14H25N5O2/c1-9(2)21-13-11(15)12(17-8-18-13)16-7-6-10(20)19-14(3,4)5/h8-9H,6-7,15H2,1-5H3,(H,19,20)(H,16,17,18). The van der Waals surface area contributed by atoms with Gasteiger partial charge in [0.05, 0.1) is 6.10 Å². The maximum Gasteiger partial charge on any atom is 0.242 e. The number of rotatable bonds is 6. The first-order valence-electron chi connectivity index (χ1n) is 7.01. The summed E-state index contributed by atoms with van der Waals surface area (Å²) in [4.78, 5) is 19.8. The van der Waals surface area contributed by atoms with Crippen LogP contribution in [0.2, 0.25) is 0 Å². The largest absolute Gasteiger partial charge is 0.473 e. The average Bonchev–Trinajstić information content (AvgIpc) is 2.31. The van der Waals surface area contributed by atoms with Crippen molar-refractivity contribution in [3.05, 3.63) is 6.33 Å². The van der Waals surface area contributed by atoms with Crippen LogP contribution in [0.25, 0.3) is 0 Å². The minimum Gasteiger partial charge on any atom is -0.473 e. The molecule has 0 aliphatic rings. The van der Waals surface area contributed by atoms with Gasteiger partial charge >= 0.3 is 0 Å². The molecule has 0 aliphatic heterocycles. The lowest BCUT2D eigenvalue weighted by Crippen LogP contribution is -2.41. The van der Waals surface area contributed by atoms with Crippen LogP contribution in [0.3, 0.4) is 0 Å². The lowest BCUT2D eigenvalue weighted by Gasteiger charge is -2.20. The van der Waals surface area contributed by atoms with Crippen molar-refractivity contribution >= 4 is 17.4 Å². The van der Waals surface area contributed by atoms with E-state index in [9.17, 15) is 4.79 Å². The molecule has 1 rings (SSSR count). The van der Waals surface area contributed by atoms with Crippen LogP contribution in [0.5, 0.6) is 5.88 Å². The SMILES string of the molecule is CC(C)Oc1ncnc(NCCC(=O)NC(C)(C)C)c1N.